The highest BCUT2D eigenvalue weighted by molar-refractivity contribution is 6.04. The van der Waals surface area contributed by atoms with Gasteiger partial charge in [0.15, 0.2) is 6.10 Å². The molecule has 3 aromatic rings. The molecule has 4 rings (SSSR count). The molecule has 134 valence electrons. The normalized spacial score (nSPS) is 14.7. The van der Waals surface area contributed by atoms with Crippen molar-refractivity contribution in [2.24, 2.45) is 0 Å². The van der Waals surface area contributed by atoms with Gasteiger partial charge < -0.3 is 15.4 Å². The summed E-state index contributed by atoms with van der Waals surface area (Å²) in [5.74, 6) is 0.287. The van der Waals surface area contributed by atoms with Crippen LogP contribution in [0.2, 0.25) is 0 Å². The second-order valence-corrected chi connectivity index (χ2v) is 6.18. The van der Waals surface area contributed by atoms with Crippen LogP contribution in [0.25, 0.3) is 0 Å². The molecule has 1 aliphatic rings. The maximum Gasteiger partial charge on any atom is 0.265 e. The summed E-state index contributed by atoms with van der Waals surface area (Å²) in [6, 6.07) is 17.9. The molecule has 1 aromatic heterocycles. The largest absolute Gasteiger partial charge is 0.480 e. The SMILES string of the molecule is O=C(Nc1cccc(NC(=O)C2Cc3ccccc3O2)c1)c1ccncc1. The number of aromatic nitrogens is 1. The van der Waals surface area contributed by atoms with Crippen molar-refractivity contribution >= 4 is 23.2 Å². The zero-order valence-corrected chi connectivity index (χ0v) is 14.4. The molecule has 1 atom stereocenters. The Morgan fingerprint density at radius 3 is 2.44 bits per heavy atom. The maximum absolute atomic E-state index is 12.5. The lowest BCUT2D eigenvalue weighted by Crippen LogP contribution is -2.31. The number of hydrogen-bond acceptors (Lipinski definition) is 4. The number of nitrogens with zero attached hydrogens (tertiary/aromatic N) is 1. The zero-order valence-electron chi connectivity index (χ0n) is 14.4. The van der Waals surface area contributed by atoms with E-state index in [1.165, 1.54) is 0 Å². The lowest BCUT2D eigenvalue weighted by atomic mass is 10.1. The highest BCUT2D eigenvalue weighted by Gasteiger charge is 2.28. The van der Waals surface area contributed by atoms with E-state index in [4.69, 9.17) is 4.74 Å². The monoisotopic (exact) mass is 359 g/mol. The van der Waals surface area contributed by atoms with Gasteiger partial charge in [-0.05, 0) is 42.0 Å². The van der Waals surface area contributed by atoms with E-state index in [2.05, 4.69) is 15.6 Å². The molecule has 0 radical (unpaired) electrons. The average Bonchev–Trinajstić information content (AvgIpc) is 3.13. The number of carbonyl (C=O) groups excluding carboxylic acids is 2. The molecule has 6 heteroatoms. The number of carbonyl (C=O) groups is 2. The number of hydrogen-bond donors (Lipinski definition) is 2. The van der Waals surface area contributed by atoms with Crippen molar-refractivity contribution in [3.63, 3.8) is 0 Å². The van der Waals surface area contributed by atoms with E-state index < -0.39 is 6.10 Å². The van der Waals surface area contributed by atoms with Crippen LogP contribution in [-0.4, -0.2) is 22.9 Å². The van der Waals surface area contributed by atoms with Crippen LogP contribution < -0.4 is 15.4 Å². The molecule has 0 spiro atoms. The third-order valence-corrected chi connectivity index (χ3v) is 4.27. The first-order valence-electron chi connectivity index (χ1n) is 8.56. The first-order valence-corrected chi connectivity index (χ1v) is 8.56. The predicted molar refractivity (Wildman–Crippen MR) is 102 cm³/mol. The van der Waals surface area contributed by atoms with Crippen molar-refractivity contribution in [3.05, 3.63) is 84.2 Å². The Balaban J connectivity index is 1.41. The van der Waals surface area contributed by atoms with E-state index in [1.807, 2.05) is 24.3 Å². The molecular weight excluding hydrogens is 342 g/mol. The van der Waals surface area contributed by atoms with Crippen LogP contribution in [0.4, 0.5) is 11.4 Å². The number of nitrogens with one attached hydrogen (secondary N) is 2. The minimum atomic E-state index is -0.558. The summed E-state index contributed by atoms with van der Waals surface area (Å²) < 4.78 is 5.71. The number of rotatable bonds is 4. The molecule has 1 unspecified atom stereocenters. The fraction of sp³-hybridized carbons (Fsp3) is 0.0952. The van der Waals surface area contributed by atoms with Gasteiger partial charge in [0.2, 0.25) is 0 Å². The van der Waals surface area contributed by atoms with Gasteiger partial charge in [-0.3, -0.25) is 14.6 Å². The van der Waals surface area contributed by atoms with E-state index in [-0.39, 0.29) is 11.8 Å². The van der Waals surface area contributed by atoms with Crippen LogP contribution in [0.3, 0.4) is 0 Å². The third kappa shape index (κ3) is 3.79. The molecule has 2 aromatic carbocycles. The van der Waals surface area contributed by atoms with E-state index in [9.17, 15) is 9.59 Å². The van der Waals surface area contributed by atoms with Gasteiger partial charge in [0.05, 0.1) is 0 Å². The third-order valence-electron chi connectivity index (χ3n) is 4.27. The van der Waals surface area contributed by atoms with Gasteiger partial charge in [-0.15, -0.1) is 0 Å². The molecule has 0 bridgehead atoms. The minimum absolute atomic E-state index is 0.219. The first kappa shape index (κ1) is 16.8. The predicted octanol–water partition coefficient (Wildman–Crippen LogP) is 3.28. The Morgan fingerprint density at radius 1 is 0.926 bits per heavy atom. The molecule has 2 amide bonds. The smallest absolute Gasteiger partial charge is 0.265 e. The summed E-state index contributed by atoms with van der Waals surface area (Å²) in [5.41, 5.74) is 2.71. The molecular formula is C21H17N3O3. The summed E-state index contributed by atoms with van der Waals surface area (Å²) in [4.78, 5) is 28.6. The van der Waals surface area contributed by atoms with Crippen molar-refractivity contribution in [1.82, 2.24) is 4.98 Å². The van der Waals surface area contributed by atoms with E-state index >= 15 is 0 Å². The summed E-state index contributed by atoms with van der Waals surface area (Å²) in [6.45, 7) is 0. The molecule has 2 N–H and O–H groups in total. The topological polar surface area (TPSA) is 80.3 Å². The van der Waals surface area contributed by atoms with Gasteiger partial charge in [-0.2, -0.15) is 0 Å². The number of benzene rings is 2. The van der Waals surface area contributed by atoms with Crippen LogP contribution in [0.5, 0.6) is 5.75 Å². The molecule has 0 saturated carbocycles. The van der Waals surface area contributed by atoms with Crippen molar-refractivity contribution in [2.75, 3.05) is 10.6 Å². The first-order chi connectivity index (χ1) is 13.2. The molecule has 1 aliphatic heterocycles. The second kappa shape index (κ2) is 7.29. The van der Waals surface area contributed by atoms with Gasteiger partial charge in [0.1, 0.15) is 5.75 Å². The van der Waals surface area contributed by atoms with Crippen LogP contribution >= 0.6 is 0 Å². The molecule has 0 aliphatic carbocycles. The molecule has 27 heavy (non-hydrogen) atoms. The van der Waals surface area contributed by atoms with Crippen LogP contribution in [0, 0.1) is 0 Å². The summed E-state index contributed by atoms with van der Waals surface area (Å²) in [6.07, 6.45) is 3.11. The lowest BCUT2D eigenvalue weighted by molar-refractivity contribution is -0.122. The maximum atomic E-state index is 12.5. The minimum Gasteiger partial charge on any atom is -0.480 e. The van der Waals surface area contributed by atoms with Crippen molar-refractivity contribution < 1.29 is 14.3 Å². The fourth-order valence-corrected chi connectivity index (χ4v) is 2.93. The molecule has 0 fully saturated rings. The highest BCUT2D eigenvalue weighted by Crippen LogP contribution is 2.28. The van der Waals surface area contributed by atoms with Crippen molar-refractivity contribution in [2.45, 2.75) is 12.5 Å². The van der Waals surface area contributed by atoms with Gasteiger partial charge in [0.25, 0.3) is 11.8 Å². The second-order valence-electron chi connectivity index (χ2n) is 6.18. The van der Waals surface area contributed by atoms with E-state index in [0.717, 1.165) is 11.3 Å². The van der Waals surface area contributed by atoms with Gasteiger partial charge >= 0.3 is 0 Å². The Kier molecular flexibility index (Phi) is 4.53. The lowest BCUT2D eigenvalue weighted by Gasteiger charge is -2.12. The molecule has 0 saturated heterocycles. The zero-order chi connectivity index (χ0) is 18.6. The van der Waals surface area contributed by atoms with E-state index in [1.54, 1.807) is 48.8 Å². The highest BCUT2D eigenvalue weighted by atomic mass is 16.5. The van der Waals surface area contributed by atoms with Crippen molar-refractivity contribution in [1.29, 1.82) is 0 Å². The Bertz CT molecular complexity index is 964. The Morgan fingerprint density at radius 2 is 1.67 bits per heavy atom. The standard InChI is InChI=1S/C21H17N3O3/c25-20(14-8-10-22-11-9-14)23-16-5-3-6-17(13-16)24-21(26)19-12-15-4-1-2-7-18(15)27-19/h1-11,13,19H,12H2,(H,23,25)(H,24,26). The number of para-hydroxylation sites is 1. The number of ether oxygens (including phenoxy) is 1. The van der Waals surface area contributed by atoms with Crippen LogP contribution in [0.1, 0.15) is 15.9 Å². The Labute approximate surface area is 156 Å². The number of amides is 2. The van der Waals surface area contributed by atoms with Crippen molar-refractivity contribution in [3.8, 4) is 5.75 Å². The average molecular weight is 359 g/mol. The molecule has 2 heterocycles. The van der Waals surface area contributed by atoms with Crippen LogP contribution in [0.15, 0.2) is 73.1 Å². The summed E-state index contributed by atoms with van der Waals surface area (Å²) in [7, 11) is 0. The quantitative estimate of drug-likeness (QED) is 0.749. The number of pyridine rings is 1. The number of fused-ring (bicyclic) bond motifs is 1. The fourth-order valence-electron chi connectivity index (χ4n) is 2.93. The van der Waals surface area contributed by atoms with Gasteiger partial charge in [0, 0.05) is 35.8 Å². The summed E-state index contributed by atoms with van der Waals surface area (Å²) >= 11 is 0. The molecule has 6 nitrogen and oxygen atoms in total. The Hall–Kier alpha value is -3.67. The van der Waals surface area contributed by atoms with Gasteiger partial charge in [-0.25, -0.2) is 0 Å². The van der Waals surface area contributed by atoms with E-state index in [0.29, 0.717) is 23.4 Å². The number of anilines is 2. The van der Waals surface area contributed by atoms with Gasteiger partial charge in [-0.1, -0.05) is 24.3 Å². The summed E-state index contributed by atoms with van der Waals surface area (Å²) in [5, 5.41) is 5.65. The van der Waals surface area contributed by atoms with Crippen LogP contribution in [-0.2, 0) is 11.2 Å².